The summed E-state index contributed by atoms with van der Waals surface area (Å²) >= 11 is 6.00. The first kappa shape index (κ1) is 21.6. The Morgan fingerprint density at radius 2 is 1.93 bits per heavy atom. The average Bonchev–Trinajstić information content (AvgIpc) is 2.62. The Hall–Kier alpha value is -2.11. The number of nitrogens with zero attached hydrogens (tertiary/aromatic N) is 1. The second kappa shape index (κ2) is 9.14. The van der Waals surface area contributed by atoms with Crippen LogP contribution in [0, 0.1) is 5.82 Å². The van der Waals surface area contributed by atoms with Crippen molar-refractivity contribution >= 4 is 17.7 Å². The largest absolute Gasteiger partial charge is 0.448 e. The van der Waals surface area contributed by atoms with Gasteiger partial charge in [0.05, 0.1) is 0 Å². The van der Waals surface area contributed by atoms with Gasteiger partial charge in [-0.1, -0.05) is 29.8 Å². The zero-order chi connectivity index (χ0) is 21.0. The van der Waals surface area contributed by atoms with E-state index in [0.717, 1.165) is 24.0 Å². The Balaban J connectivity index is 1.68. The molecule has 0 bridgehead atoms. The summed E-state index contributed by atoms with van der Waals surface area (Å²) in [4.78, 5) is 14.2. The van der Waals surface area contributed by atoms with Gasteiger partial charge < -0.3 is 10.1 Å². The number of halogens is 2. The van der Waals surface area contributed by atoms with E-state index in [1.165, 1.54) is 11.6 Å². The van der Waals surface area contributed by atoms with Gasteiger partial charge in [-0.15, -0.1) is 0 Å². The third-order valence-corrected chi connectivity index (χ3v) is 5.24. The molecule has 1 N–H and O–H groups in total. The molecule has 1 aliphatic rings. The Labute approximate surface area is 177 Å². The first-order valence-electron chi connectivity index (χ1n) is 9.90. The predicted molar refractivity (Wildman–Crippen MR) is 114 cm³/mol. The molecule has 156 valence electrons. The van der Waals surface area contributed by atoms with Gasteiger partial charge in [-0.05, 0) is 74.6 Å². The van der Waals surface area contributed by atoms with Gasteiger partial charge in [0, 0.05) is 29.7 Å². The van der Waals surface area contributed by atoms with Crippen molar-refractivity contribution in [2.24, 2.45) is 0 Å². The maximum Gasteiger partial charge on any atom is 0.407 e. The van der Waals surface area contributed by atoms with Crippen LogP contribution in [0.5, 0.6) is 0 Å². The fourth-order valence-electron chi connectivity index (χ4n) is 3.62. The fraction of sp³-hybridized carbons (Fsp3) is 0.435. The van der Waals surface area contributed by atoms with Crippen LogP contribution >= 0.6 is 11.6 Å². The van der Waals surface area contributed by atoms with Crippen LogP contribution < -0.4 is 5.32 Å². The number of carbonyl (C=O) groups excluding carboxylic acids is 1. The van der Waals surface area contributed by atoms with Gasteiger partial charge in [-0.3, -0.25) is 4.90 Å². The van der Waals surface area contributed by atoms with Gasteiger partial charge in [-0.25, -0.2) is 9.18 Å². The zero-order valence-electron chi connectivity index (χ0n) is 17.2. The molecule has 2 aromatic carbocycles. The number of hydrogen-bond acceptors (Lipinski definition) is 3. The highest BCUT2D eigenvalue weighted by Crippen LogP contribution is 2.26. The van der Waals surface area contributed by atoms with Crippen molar-refractivity contribution in [1.29, 1.82) is 0 Å². The summed E-state index contributed by atoms with van der Waals surface area (Å²) in [7, 11) is 0. The van der Waals surface area contributed by atoms with E-state index < -0.39 is 6.09 Å². The van der Waals surface area contributed by atoms with Crippen molar-refractivity contribution in [1.82, 2.24) is 10.2 Å². The van der Waals surface area contributed by atoms with Crippen LogP contribution in [-0.2, 0) is 24.1 Å². The highest BCUT2D eigenvalue weighted by molar-refractivity contribution is 6.30. The van der Waals surface area contributed by atoms with Crippen LogP contribution in [-0.4, -0.2) is 35.7 Å². The van der Waals surface area contributed by atoms with Gasteiger partial charge >= 0.3 is 6.09 Å². The van der Waals surface area contributed by atoms with E-state index in [-0.39, 0.29) is 17.4 Å². The van der Waals surface area contributed by atoms with Crippen molar-refractivity contribution in [3.05, 3.63) is 70.0 Å². The molecule has 0 fully saturated rings. The van der Waals surface area contributed by atoms with E-state index in [4.69, 9.17) is 16.3 Å². The second-order valence-electron chi connectivity index (χ2n) is 8.58. The number of rotatable bonds is 5. The maximum atomic E-state index is 13.7. The average molecular weight is 419 g/mol. The fourth-order valence-corrected chi connectivity index (χ4v) is 3.75. The summed E-state index contributed by atoms with van der Waals surface area (Å²) in [6, 6.07) is 13.0. The molecule has 2 aromatic rings. The number of alkyl carbamates (subject to hydrolysis) is 1. The third kappa shape index (κ3) is 6.44. The van der Waals surface area contributed by atoms with Crippen LogP contribution in [0.4, 0.5) is 9.18 Å². The summed E-state index contributed by atoms with van der Waals surface area (Å²) in [6.45, 7) is 7.37. The molecular weight excluding hydrogens is 391 g/mol. The van der Waals surface area contributed by atoms with E-state index in [0.29, 0.717) is 24.7 Å². The van der Waals surface area contributed by atoms with Gasteiger partial charge in [0.15, 0.2) is 0 Å². The molecule has 1 unspecified atom stereocenters. The number of carbonyl (C=O) groups is 1. The molecule has 1 atom stereocenters. The minimum Gasteiger partial charge on any atom is -0.448 e. The second-order valence-corrected chi connectivity index (χ2v) is 9.02. The van der Waals surface area contributed by atoms with E-state index >= 15 is 0 Å². The molecule has 0 spiro atoms. The third-order valence-electron chi connectivity index (χ3n) is 4.99. The molecule has 29 heavy (non-hydrogen) atoms. The van der Waals surface area contributed by atoms with Gasteiger partial charge in [0.25, 0.3) is 0 Å². The van der Waals surface area contributed by atoms with Gasteiger partial charge in [0.2, 0.25) is 0 Å². The molecule has 4 nitrogen and oxygen atoms in total. The lowest BCUT2D eigenvalue weighted by molar-refractivity contribution is 0.0977. The first-order valence-corrected chi connectivity index (χ1v) is 10.3. The van der Waals surface area contributed by atoms with Crippen molar-refractivity contribution in [3.8, 4) is 0 Å². The number of nitrogens with one attached hydrogen (secondary N) is 1. The lowest BCUT2D eigenvalue weighted by Crippen LogP contribution is -2.45. The Kier molecular flexibility index (Phi) is 6.81. The van der Waals surface area contributed by atoms with Gasteiger partial charge in [0.1, 0.15) is 12.4 Å². The molecule has 1 heterocycles. The quantitative estimate of drug-likeness (QED) is 0.745. The monoisotopic (exact) mass is 418 g/mol. The van der Waals surface area contributed by atoms with Crippen molar-refractivity contribution in [3.63, 3.8) is 0 Å². The Morgan fingerprint density at radius 1 is 1.21 bits per heavy atom. The highest BCUT2D eigenvalue weighted by atomic mass is 35.5. The standard InChI is InChI=1S/C23H28ClFN2O2/c1-23(2,3)26-22(28)29-11-10-27-15-17-6-9-20(25)13-18(17)14-21(27)12-16-4-7-19(24)8-5-16/h4-9,13,21H,10-12,14-15H2,1-3H3,(H,26,28). The number of ether oxygens (including phenoxy) is 1. The number of fused-ring (bicyclic) bond motifs is 1. The van der Waals surface area contributed by atoms with Crippen molar-refractivity contribution in [2.45, 2.75) is 51.7 Å². The van der Waals surface area contributed by atoms with Crippen LogP contribution in [0.3, 0.4) is 0 Å². The summed E-state index contributed by atoms with van der Waals surface area (Å²) in [5, 5.41) is 3.51. The number of amides is 1. The normalized spacial score (nSPS) is 16.9. The van der Waals surface area contributed by atoms with E-state index in [1.807, 2.05) is 51.1 Å². The molecule has 0 saturated heterocycles. The first-order chi connectivity index (χ1) is 13.7. The summed E-state index contributed by atoms with van der Waals surface area (Å²) in [5.41, 5.74) is 3.02. The molecule has 0 saturated carbocycles. The van der Waals surface area contributed by atoms with Crippen LogP contribution in [0.25, 0.3) is 0 Å². The highest BCUT2D eigenvalue weighted by Gasteiger charge is 2.27. The minimum atomic E-state index is -0.411. The Morgan fingerprint density at radius 3 is 2.62 bits per heavy atom. The molecule has 3 rings (SSSR count). The van der Waals surface area contributed by atoms with Crippen molar-refractivity contribution in [2.75, 3.05) is 13.2 Å². The van der Waals surface area contributed by atoms with E-state index in [9.17, 15) is 9.18 Å². The van der Waals surface area contributed by atoms with Crippen LogP contribution in [0.2, 0.25) is 5.02 Å². The Bertz CT molecular complexity index is 849. The summed E-state index contributed by atoms with van der Waals surface area (Å²) in [5.74, 6) is -0.204. The molecular formula is C23H28ClFN2O2. The molecule has 0 aromatic heterocycles. The topological polar surface area (TPSA) is 41.6 Å². The van der Waals surface area contributed by atoms with Crippen LogP contribution in [0.1, 0.15) is 37.5 Å². The molecule has 0 radical (unpaired) electrons. The predicted octanol–water partition coefficient (Wildman–Crippen LogP) is 4.97. The van der Waals surface area contributed by atoms with E-state index in [2.05, 4.69) is 10.2 Å². The molecule has 1 aliphatic heterocycles. The smallest absolute Gasteiger partial charge is 0.407 e. The van der Waals surface area contributed by atoms with Gasteiger partial charge in [-0.2, -0.15) is 0 Å². The molecule has 1 amide bonds. The number of benzene rings is 2. The van der Waals surface area contributed by atoms with Crippen LogP contribution in [0.15, 0.2) is 42.5 Å². The molecule has 0 aliphatic carbocycles. The number of hydrogen-bond donors (Lipinski definition) is 1. The lowest BCUT2D eigenvalue weighted by Gasteiger charge is -2.37. The maximum absolute atomic E-state index is 13.7. The van der Waals surface area contributed by atoms with Crippen molar-refractivity contribution < 1.29 is 13.9 Å². The zero-order valence-corrected chi connectivity index (χ0v) is 17.9. The SMILES string of the molecule is CC(C)(C)NC(=O)OCCN1Cc2ccc(F)cc2CC1Cc1ccc(Cl)cc1. The lowest BCUT2D eigenvalue weighted by atomic mass is 9.90. The summed E-state index contributed by atoms with van der Waals surface area (Å²) in [6.07, 6.45) is 1.16. The molecule has 6 heteroatoms. The summed E-state index contributed by atoms with van der Waals surface area (Å²) < 4.78 is 19.1. The van der Waals surface area contributed by atoms with E-state index in [1.54, 1.807) is 6.07 Å². The minimum absolute atomic E-state index is 0.194.